The second-order valence-electron chi connectivity index (χ2n) is 7.07. The Morgan fingerprint density at radius 1 is 1.07 bits per heavy atom. The van der Waals surface area contributed by atoms with Gasteiger partial charge >= 0.3 is 5.97 Å². The predicted molar refractivity (Wildman–Crippen MR) is 106 cm³/mol. The third kappa shape index (κ3) is 3.06. The van der Waals surface area contributed by atoms with Gasteiger partial charge in [-0.25, -0.2) is 9.69 Å². The highest BCUT2D eigenvalue weighted by molar-refractivity contribution is 6.24. The first kappa shape index (κ1) is 19.5. The van der Waals surface area contributed by atoms with Crippen molar-refractivity contribution < 1.29 is 24.0 Å². The van der Waals surface area contributed by atoms with E-state index in [1.807, 2.05) is 0 Å². The first-order valence-corrected chi connectivity index (χ1v) is 9.50. The highest BCUT2D eigenvalue weighted by Crippen LogP contribution is 2.49. The average Bonchev–Trinajstić information content (AvgIpc) is 3.25. The summed E-state index contributed by atoms with van der Waals surface area (Å²) in [7, 11) is 0. The van der Waals surface area contributed by atoms with Gasteiger partial charge in [0.2, 0.25) is 11.8 Å². The minimum atomic E-state index is -0.807. The number of rotatable bonds is 5. The number of esters is 1. The van der Waals surface area contributed by atoms with Crippen molar-refractivity contribution in [3.8, 4) is 0 Å². The maximum absolute atomic E-state index is 13.3. The van der Waals surface area contributed by atoms with E-state index < -0.39 is 40.5 Å². The van der Waals surface area contributed by atoms with Gasteiger partial charge in [0.05, 0.1) is 29.1 Å². The molecule has 0 N–H and O–H groups in total. The Labute approximate surface area is 171 Å². The molecule has 30 heavy (non-hydrogen) atoms. The molecule has 1 heterocycles. The van der Waals surface area contributed by atoms with Gasteiger partial charge in [-0.1, -0.05) is 36.4 Å². The maximum atomic E-state index is 13.3. The van der Waals surface area contributed by atoms with Crippen LogP contribution in [0.3, 0.4) is 0 Å². The maximum Gasteiger partial charge on any atom is 0.334 e. The van der Waals surface area contributed by atoms with Gasteiger partial charge in [-0.2, -0.15) is 0 Å². The molecule has 2 aromatic rings. The van der Waals surface area contributed by atoms with Crippen LogP contribution in [0.15, 0.2) is 66.2 Å². The van der Waals surface area contributed by atoms with Gasteiger partial charge in [0.25, 0.3) is 5.69 Å². The molecule has 0 saturated carbocycles. The summed E-state index contributed by atoms with van der Waals surface area (Å²) >= 11 is 0. The molecule has 1 aliphatic carbocycles. The molecule has 8 nitrogen and oxygen atoms in total. The lowest BCUT2D eigenvalue weighted by molar-refractivity contribution is -0.384. The van der Waals surface area contributed by atoms with Crippen molar-refractivity contribution in [3.63, 3.8) is 0 Å². The van der Waals surface area contributed by atoms with Crippen molar-refractivity contribution in [2.45, 2.75) is 12.8 Å². The van der Waals surface area contributed by atoms with E-state index in [2.05, 4.69) is 0 Å². The number of nitrogens with zero attached hydrogens (tertiary/aromatic N) is 2. The van der Waals surface area contributed by atoms with Gasteiger partial charge in [0.15, 0.2) is 0 Å². The Bertz CT molecular complexity index is 1060. The smallest absolute Gasteiger partial charge is 0.334 e. The minimum absolute atomic E-state index is 0.102. The van der Waals surface area contributed by atoms with Crippen LogP contribution in [0.4, 0.5) is 11.4 Å². The number of para-hydroxylation sites is 1. The van der Waals surface area contributed by atoms with Gasteiger partial charge in [-0.3, -0.25) is 19.7 Å². The molecule has 0 bridgehead atoms. The molecule has 0 unspecified atom stereocenters. The Morgan fingerprint density at radius 2 is 1.73 bits per heavy atom. The Hall–Kier alpha value is -3.81. The quantitative estimate of drug-likeness (QED) is 0.327. The molecule has 8 heteroatoms. The molecule has 0 spiro atoms. The minimum Gasteiger partial charge on any atom is -0.463 e. The highest BCUT2D eigenvalue weighted by atomic mass is 16.6. The van der Waals surface area contributed by atoms with Crippen molar-refractivity contribution in [3.05, 3.63) is 81.9 Å². The lowest BCUT2D eigenvalue weighted by Crippen LogP contribution is -2.33. The summed E-state index contributed by atoms with van der Waals surface area (Å²) < 4.78 is 5.14. The van der Waals surface area contributed by atoms with Crippen LogP contribution in [0.25, 0.3) is 0 Å². The summed E-state index contributed by atoms with van der Waals surface area (Å²) in [6.07, 6.45) is 1.51. The number of amides is 2. The first-order chi connectivity index (χ1) is 14.4. The van der Waals surface area contributed by atoms with E-state index in [-0.39, 0.29) is 17.9 Å². The number of benzene rings is 2. The molecule has 1 fully saturated rings. The fourth-order valence-corrected chi connectivity index (χ4v) is 4.16. The second kappa shape index (κ2) is 7.55. The third-order valence-corrected chi connectivity index (χ3v) is 5.44. The summed E-state index contributed by atoms with van der Waals surface area (Å²) in [5, 5.41) is 11.0. The van der Waals surface area contributed by atoms with Crippen molar-refractivity contribution >= 4 is 29.2 Å². The largest absolute Gasteiger partial charge is 0.463 e. The van der Waals surface area contributed by atoms with E-state index in [0.29, 0.717) is 11.3 Å². The molecule has 2 amide bonds. The average molecular weight is 406 g/mol. The molecule has 2 aromatic carbocycles. The van der Waals surface area contributed by atoms with Gasteiger partial charge in [0, 0.05) is 23.6 Å². The molecule has 0 aromatic heterocycles. The lowest BCUT2D eigenvalue weighted by atomic mass is 9.82. The standard InChI is InChI=1S/C22H18N2O6/c1-2-30-22(27)17-12-16-19(18(17)13-8-10-15(11-9-13)24(28)29)21(26)23(20(16)25)14-6-4-3-5-7-14/h3-12,16,18-19H,2H2,1H3/t16-,18-,19-/m0/s1. The fraction of sp³-hybridized carbons (Fsp3) is 0.227. The van der Waals surface area contributed by atoms with E-state index in [0.717, 1.165) is 4.90 Å². The van der Waals surface area contributed by atoms with Gasteiger partial charge in [0.1, 0.15) is 0 Å². The van der Waals surface area contributed by atoms with Crippen LogP contribution in [0.2, 0.25) is 0 Å². The number of ether oxygens (including phenoxy) is 1. The number of hydrogen-bond donors (Lipinski definition) is 0. The summed E-state index contributed by atoms with van der Waals surface area (Å²) in [6, 6.07) is 14.3. The fourth-order valence-electron chi connectivity index (χ4n) is 4.16. The molecule has 2 aliphatic rings. The Kier molecular flexibility index (Phi) is 4.91. The van der Waals surface area contributed by atoms with Crippen LogP contribution in [0.5, 0.6) is 0 Å². The third-order valence-electron chi connectivity index (χ3n) is 5.44. The Morgan fingerprint density at radius 3 is 2.33 bits per heavy atom. The molecular weight excluding hydrogens is 388 g/mol. The molecular formula is C22H18N2O6. The molecule has 1 saturated heterocycles. The normalized spacial score (nSPS) is 22.6. The molecule has 3 atom stereocenters. The number of carbonyl (C=O) groups excluding carboxylic acids is 3. The van der Waals surface area contributed by atoms with Crippen molar-refractivity contribution in [2.24, 2.45) is 11.8 Å². The number of nitro benzene ring substituents is 1. The number of hydrogen-bond acceptors (Lipinski definition) is 6. The van der Waals surface area contributed by atoms with Crippen LogP contribution < -0.4 is 4.90 Å². The summed E-state index contributed by atoms with van der Waals surface area (Å²) in [5.74, 6) is -3.73. The van der Waals surface area contributed by atoms with Crippen LogP contribution >= 0.6 is 0 Å². The van der Waals surface area contributed by atoms with Crippen LogP contribution in [0, 0.1) is 22.0 Å². The number of nitro groups is 1. The first-order valence-electron chi connectivity index (χ1n) is 9.50. The number of fused-ring (bicyclic) bond motifs is 1. The number of imide groups is 1. The lowest BCUT2D eigenvalue weighted by Gasteiger charge is -2.22. The van der Waals surface area contributed by atoms with E-state index in [1.54, 1.807) is 37.3 Å². The highest BCUT2D eigenvalue weighted by Gasteiger charge is 2.56. The van der Waals surface area contributed by atoms with Crippen LogP contribution in [-0.4, -0.2) is 29.3 Å². The van der Waals surface area contributed by atoms with E-state index in [1.165, 1.54) is 30.3 Å². The number of carbonyl (C=O) groups is 3. The van der Waals surface area contributed by atoms with Gasteiger partial charge in [-0.15, -0.1) is 0 Å². The SMILES string of the molecule is CCOC(=O)C1=C[C@@H]2C(=O)N(c3ccccc3)C(=O)[C@@H]2[C@H]1c1ccc([N+](=O)[O-])cc1. The van der Waals surface area contributed by atoms with Crippen molar-refractivity contribution in [2.75, 3.05) is 11.5 Å². The summed E-state index contributed by atoms with van der Waals surface area (Å²) in [6.45, 7) is 1.82. The molecule has 0 radical (unpaired) electrons. The number of non-ortho nitro benzene ring substituents is 1. The summed E-state index contributed by atoms with van der Waals surface area (Å²) in [5.41, 5.74) is 1.14. The Balaban J connectivity index is 1.77. The molecule has 1 aliphatic heterocycles. The van der Waals surface area contributed by atoms with E-state index in [9.17, 15) is 24.5 Å². The second-order valence-corrected chi connectivity index (χ2v) is 7.07. The van der Waals surface area contributed by atoms with E-state index in [4.69, 9.17) is 4.74 Å². The van der Waals surface area contributed by atoms with E-state index >= 15 is 0 Å². The zero-order valence-electron chi connectivity index (χ0n) is 16.1. The predicted octanol–water partition coefficient (Wildman–Crippen LogP) is 2.99. The molecule has 152 valence electrons. The summed E-state index contributed by atoms with van der Waals surface area (Å²) in [4.78, 5) is 50.5. The molecule has 4 rings (SSSR count). The monoisotopic (exact) mass is 406 g/mol. The van der Waals surface area contributed by atoms with Crippen molar-refractivity contribution in [1.82, 2.24) is 0 Å². The van der Waals surface area contributed by atoms with Gasteiger partial charge in [-0.05, 0) is 24.6 Å². The van der Waals surface area contributed by atoms with Crippen LogP contribution in [0.1, 0.15) is 18.4 Å². The van der Waals surface area contributed by atoms with Crippen LogP contribution in [-0.2, 0) is 19.1 Å². The van der Waals surface area contributed by atoms with Crippen molar-refractivity contribution in [1.29, 1.82) is 0 Å². The zero-order valence-corrected chi connectivity index (χ0v) is 16.1. The topological polar surface area (TPSA) is 107 Å². The van der Waals surface area contributed by atoms with Gasteiger partial charge < -0.3 is 4.74 Å². The zero-order chi connectivity index (χ0) is 21.4. The number of anilines is 1.